The van der Waals surface area contributed by atoms with Gasteiger partial charge >= 0.3 is 0 Å². The number of nitrogens with one attached hydrogen (secondary N) is 1. The van der Waals surface area contributed by atoms with Gasteiger partial charge in [-0.05, 0) is 12.1 Å². The van der Waals surface area contributed by atoms with Crippen LogP contribution in [0.2, 0.25) is 0 Å². The van der Waals surface area contributed by atoms with Gasteiger partial charge < -0.3 is 5.73 Å². The molecule has 0 fully saturated rings. The summed E-state index contributed by atoms with van der Waals surface area (Å²) in [5, 5.41) is 0.850. The van der Waals surface area contributed by atoms with E-state index in [9.17, 15) is 0 Å². The molecule has 1 radical (unpaired) electrons. The molecule has 0 unspecified atom stereocenters. The van der Waals surface area contributed by atoms with Crippen LogP contribution in [-0.4, -0.2) is 9.97 Å². The first-order valence-electron chi connectivity index (χ1n) is 3.28. The first-order chi connectivity index (χ1) is 5.38. The molecule has 11 heavy (non-hydrogen) atoms. The van der Waals surface area contributed by atoms with Crippen LogP contribution in [0.15, 0.2) is 30.7 Å². The highest BCUT2D eigenvalue weighted by atomic mass is 14.7. The largest absolute Gasteiger partial charge is 0.300 e. The predicted molar refractivity (Wildman–Crippen MR) is 42.3 cm³/mol. The summed E-state index contributed by atoms with van der Waals surface area (Å²) < 4.78 is 0. The van der Waals surface area contributed by atoms with Crippen LogP contribution in [0.5, 0.6) is 0 Å². The third-order valence-electron chi connectivity index (χ3n) is 1.55. The predicted octanol–water partition coefficient (Wildman–Crippen LogP) is 1.54. The van der Waals surface area contributed by atoms with E-state index in [1.165, 1.54) is 0 Å². The second-order valence-electron chi connectivity index (χ2n) is 2.25. The van der Waals surface area contributed by atoms with Crippen molar-refractivity contribution in [2.75, 3.05) is 0 Å². The number of aromatic nitrogens is 2. The highest BCUT2D eigenvalue weighted by Crippen LogP contribution is 2.17. The molecule has 0 amide bonds. The standard InChI is InChI=1S/C8H6N3/c9-7-2-4-11-8-5-10-3-1-6(7)8/h1-5,9H. The Morgan fingerprint density at radius 1 is 1.18 bits per heavy atom. The van der Waals surface area contributed by atoms with Gasteiger partial charge in [0.25, 0.3) is 0 Å². The highest BCUT2D eigenvalue weighted by molar-refractivity contribution is 5.87. The Labute approximate surface area is 63.9 Å². The van der Waals surface area contributed by atoms with Crippen LogP contribution in [-0.2, 0) is 0 Å². The molecule has 0 aliphatic heterocycles. The minimum Gasteiger partial charge on any atom is -0.300 e. The summed E-state index contributed by atoms with van der Waals surface area (Å²) in [5.41, 5.74) is 8.77. The molecule has 3 heteroatoms. The summed E-state index contributed by atoms with van der Waals surface area (Å²) in [6.45, 7) is 0. The zero-order chi connectivity index (χ0) is 7.68. The van der Waals surface area contributed by atoms with Crippen LogP contribution < -0.4 is 5.73 Å². The molecule has 0 aliphatic carbocycles. The van der Waals surface area contributed by atoms with Crippen molar-refractivity contribution < 1.29 is 0 Å². The smallest absolute Gasteiger partial charge is 0.0906 e. The quantitative estimate of drug-likeness (QED) is 0.563. The molecular formula is C8H6N3. The van der Waals surface area contributed by atoms with Gasteiger partial charge in [-0.2, -0.15) is 0 Å². The highest BCUT2D eigenvalue weighted by Gasteiger charge is 1.95. The van der Waals surface area contributed by atoms with Crippen LogP contribution in [0.1, 0.15) is 0 Å². The second kappa shape index (κ2) is 2.20. The van der Waals surface area contributed by atoms with Crippen molar-refractivity contribution in [2.45, 2.75) is 0 Å². The Balaban J connectivity index is 2.91. The lowest BCUT2D eigenvalue weighted by atomic mass is 10.2. The maximum atomic E-state index is 7.50. The third-order valence-corrected chi connectivity index (χ3v) is 1.55. The molecular weight excluding hydrogens is 138 g/mol. The number of hydrogen-bond acceptors (Lipinski definition) is 2. The molecule has 1 N–H and O–H groups in total. The molecule has 0 aliphatic rings. The van der Waals surface area contributed by atoms with Crippen molar-refractivity contribution >= 4 is 16.6 Å². The molecule has 0 atom stereocenters. The van der Waals surface area contributed by atoms with Crippen LogP contribution in [0.4, 0.5) is 5.69 Å². The molecule has 2 heterocycles. The summed E-state index contributed by atoms with van der Waals surface area (Å²) in [7, 11) is 0. The lowest BCUT2D eigenvalue weighted by molar-refractivity contribution is 1.30. The molecule has 2 rings (SSSR count). The summed E-state index contributed by atoms with van der Waals surface area (Å²) in [6.07, 6.45) is 4.95. The molecule has 3 nitrogen and oxygen atoms in total. The van der Waals surface area contributed by atoms with Crippen molar-refractivity contribution in [3.63, 3.8) is 0 Å². The van der Waals surface area contributed by atoms with Gasteiger partial charge in [0.05, 0.1) is 17.4 Å². The zero-order valence-electron chi connectivity index (χ0n) is 5.78. The summed E-state index contributed by atoms with van der Waals surface area (Å²) >= 11 is 0. The number of pyridine rings is 2. The van der Waals surface area contributed by atoms with Crippen molar-refractivity contribution in [1.29, 1.82) is 0 Å². The topological polar surface area (TPSA) is 49.6 Å². The Bertz CT molecular complexity index is 378. The summed E-state index contributed by atoms with van der Waals surface area (Å²) in [5.74, 6) is 0. The lowest BCUT2D eigenvalue weighted by Crippen LogP contribution is -1.80. The molecule has 0 aromatic carbocycles. The van der Waals surface area contributed by atoms with Gasteiger partial charge in [0, 0.05) is 17.8 Å². The summed E-state index contributed by atoms with van der Waals surface area (Å²) in [6, 6.07) is 3.47. The number of hydrogen-bond donors (Lipinski definition) is 0. The van der Waals surface area contributed by atoms with Gasteiger partial charge in [0.15, 0.2) is 0 Å². The SMILES string of the molecule is [NH]c1ccnc2cnccc12. The van der Waals surface area contributed by atoms with Crippen LogP contribution >= 0.6 is 0 Å². The normalized spacial score (nSPS) is 10.2. The molecule has 2 aromatic rings. The number of fused-ring (bicyclic) bond motifs is 1. The Hall–Kier alpha value is -1.64. The van der Waals surface area contributed by atoms with Crippen LogP contribution in [0.3, 0.4) is 0 Å². The maximum absolute atomic E-state index is 7.50. The average Bonchev–Trinajstić information content (AvgIpc) is 2.06. The van der Waals surface area contributed by atoms with Crippen LogP contribution in [0, 0.1) is 0 Å². The molecule has 0 saturated carbocycles. The molecule has 53 valence electrons. The fourth-order valence-electron chi connectivity index (χ4n) is 0.999. The van der Waals surface area contributed by atoms with Crippen molar-refractivity contribution in [3.05, 3.63) is 30.7 Å². The Morgan fingerprint density at radius 3 is 2.91 bits per heavy atom. The minimum atomic E-state index is 0.498. The van der Waals surface area contributed by atoms with E-state index in [0.29, 0.717) is 5.69 Å². The van der Waals surface area contributed by atoms with E-state index >= 15 is 0 Å². The second-order valence-corrected chi connectivity index (χ2v) is 2.25. The fraction of sp³-hybridized carbons (Fsp3) is 0. The van der Waals surface area contributed by atoms with Gasteiger partial charge in [0.1, 0.15) is 0 Å². The van der Waals surface area contributed by atoms with Gasteiger partial charge in [-0.15, -0.1) is 0 Å². The van der Waals surface area contributed by atoms with Crippen LogP contribution in [0.25, 0.3) is 10.9 Å². The van der Waals surface area contributed by atoms with Gasteiger partial charge in [-0.3, -0.25) is 9.97 Å². The third kappa shape index (κ3) is 0.902. The number of rotatable bonds is 0. The maximum Gasteiger partial charge on any atom is 0.0906 e. The van der Waals surface area contributed by atoms with Gasteiger partial charge in [0.2, 0.25) is 0 Å². The average molecular weight is 144 g/mol. The Kier molecular flexibility index (Phi) is 1.22. The van der Waals surface area contributed by atoms with E-state index in [-0.39, 0.29) is 0 Å². The van der Waals surface area contributed by atoms with Gasteiger partial charge in [-0.25, -0.2) is 0 Å². The van der Waals surface area contributed by atoms with E-state index in [1.807, 2.05) is 0 Å². The van der Waals surface area contributed by atoms with E-state index in [0.717, 1.165) is 10.9 Å². The van der Waals surface area contributed by atoms with Crippen molar-refractivity contribution in [2.24, 2.45) is 0 Å². The molecule has 0 spiro atoms. The molecule has 0 saturated heterocycles. The van der Waals surface area contributed by atoms with E-state index in [4.69, 9.17) is 5.73 Å². The molecule has 2 aromatic heterocycles. The minimum absolute atomic E-state index is 0.498. The Morgan fingerprint density at radius 2 is 2.09 bits per heavy atom. The lowest BCUT2D eigenvalue weighted by Gasteiger charge is -1.96. The zero-order valence-corrected chi connectivity index (χ0v) is 5.78. The van der Waals surface area contributed by atoms with Crippen molar-refractivity contribution in [1.82, 2.24) is 15.7 Å². The van der Waals surface area contributed by atoms with Crippen molar-refractivity contribution in [3.8, 4) is 0 Å². The summed E-state index contributed by atoms with van der Waals surface area (Å²) in [4.78, 5) is 7.97. The number of nitrogens with zero attached hydrogens (tertiary/aromatic N) is 2. The van der Waals surface area contributed by atoms with E-state index in [2.05, 4.69) is 9.97 Å². The van der Waals surface area contributed by atoms with E-state index in [1.54, 1.807) is 30.7 Å². The first-order valence-corrected chi connectivity index (χ1v) is 3.28. The monoisotopic (exact) mass is 144 g/mol. The first kappa shape index (κ1) is 6.09. The molecule has 0 bridgehead atoms. The van der Waals surface area contributed by atoms with E-state index < -0.39 is 0 Å². The van der Waals surface area contributed by atoms with Gasteiger partial charge in [-0.1, -0.05) is 0 Å². The fourth-order valence-corrected chi connectivity index (χ4v) is 0.999.